The van der Waals surface area contributed by atoms with Gasteiger partial charge in [-0.05, 0) is 43.2 Å². The van der Waals surface area contributed by atoms with Crippen molar-refractivity contribution in [2.45, 2.75) is 39.0 Å². The van der Waals surface area contributed by atoms with Crippen LogP contribution in [0, 0.1) is 0 Å². The molecule has 0 fully saturated rings. The number of nitrogens with one attached hydrogen (secondary N) is 1. The summed E-state index contributed by atoms with van der Waals surface area (Å²) in [6.07, 6.45) is -3.38. The lowest BCUT2D eigenvalue weighted by Gasteiger charge is -2.32. The minimum absolute atomic E-state index is 0.146. The fourth-order valence-electron chi connectivity index (χ4n) is 3.26. The molecule has 0 aliphatic rings. The summed E-state index contributed by atoms with van der Waals surface area (Å²) in [6, 6.07) is 7.71. The molecule has 0 spiro atoms. The number of carbonyl (C=O) groups is 2. The Morgan fingerprint density at radius 1 is 1.08 bits per heavy atom. The molecule has 0 radical (unpaired) electrons. The average Bonchev–Trinajstić information content (AvgIpc) is 2.79. The van der Waals surface area contributed by atoms with Crippen molar-refractivity contribution in [3.8, 4) is 0 Å². The first kappa shape index (κ1) is 29.7. The van der Waals surface area contributed by atoms with Gasteiger partial charge in [-0.15, -0.1) is 0 Å². The Morgan fingerprint density at radius 2 is 1.72 bits per heavy atom. The molecule has 1 atom stereocenters. The van der Waals surface area contributed by atoms with Crippen LogP contribution in [-0.2, 0) is 32.3 Å². The van der Waals surface area contributed by atoms with Gasteiger partial charge in [0.2, 0.25) is 21.8 Å². The third-order valence-corrected chi connectivity index (χ3v) is 7.05. The summed E-state index contributed by atoms with van der Waals surface area (Å²) < 4.78 is 65.5. The molecule has 0 aliphatic carbocycles. The van der Waals surface area contributed by atoms with Crippen LogP contribution in [0.5, 0.6) is 0 Å². The number of alkyl halides is 3. The van der Waals surface area contributed by atoms with Crippen LogP contribution in [0.4, 0.5) is 18.9 Å². The largest absolute Gasteiger partial charge is 0.416 e. The number of amides is 2. The zero-order chi connectivity index (χ0) is 27.3. The predicted molar refractivity (Wildman–Crippen MR) is 133 cm³/mol. The number of halogens is 5. The van der Waals surface area contributed by atoms with Gasteiger partial charge >= 0.3 is 6.18 Å². The molecule has 198 valence electrons. The number of carbonyl (C=O) groups excluding carboxylic acids is 2. The smallest absolute Gasteiger partial charge is 0.354 e. The summed E-state index contributed by atoms with van der Waals surface area (Å²) in [5, 5.41) is 2.69. The van der Waals surface area contributed by atoms with Crippen LogP contribution in [0.25, 0.3) is 0 Å². The van der Waals surface area contributed by atoms with E-state index in [0.717, 1.165) is 17.2 Å². The maximum Gasteiger partial charge on any atom is 0.416 e. The molecule has 2 amide bonds. The van der Waals surface area contributed by atoms with E-state index in [2.05, 4.69) is 5.32 Å². The molecule has 0 unspecified atom stereocenters. The zero-order valence-electron chi connectivity index (χ0n) is 19.8. The van der Waals surface area contributed by atoms with Gasteiger partial charge in [0.1, 0.15) is 12.6 Å². The molecule has 0 saturated carbocycles. The number of hydrogen-bond donors (Lipinski definition) is 1. The first-order valence-electron chi connectivity index (χ1n) is 10.8. The van der Waals surface area contributed by atoms with Crippen LogP contribution in [0.3, 0.4) is 0 Å². The van der Waals surface area contributed by atoms with Crippen molar-refractivity contribution in [3.05, 3.63) is 63.6 Å². The lowest BCUT2D eigenvalue weighted by Crippen LogP contribution is -2.51. The zero-order valence-corrected chi connectivity index (χ0v) is 22.1. The number of rotatable bonds is 10. The first-order chi connectivity index (χ1) is 16.7. The van der Waals surface area contributed by atoms with Gasteiger partial charge in [0.25, 0.3) is 0 Å². The van der Waals surface area contributed by atoms with Crippen molar-refractivity contribution in [2.24, 2.45) is 0 Å². The second kappa shape index (κ2) is 12.2. The summed E-state index contributed by atoms with van der Waals surface area (Å²) in [4.78, 5) is 27.2. The number of hydrogen-bond acceptors (Lipinski definition) is 4. The molecule has 2 aromatic rings. The molecular weight excluding hydrogens is 542 g/mol. The Bertz CT molecular complexity index is 1210. The maximum absolute atomic E-state index is 13.4. The highest BCUT2D eigenvalue weighted by molar-refractivity contribution is 7.92. The molecule has 7 nitrogen and oxygen atoms in total. The van der Waals surface area contributed by atoms with Crippen molar-refractivity contribution in [1.29, 1.82) is 0 Å². The summed E-state index contributed by atoms with van der Waals surface area (Å²) in [7, 11) is -4.27. The third kappa shape index (κ3) is 7.75. The van der Waals surface area contributed by atoms with Crippen molar-refractivity contribution >= 4 is 50.7 Å². The first-order valence-corrected chi connectivity index (χ1v) is 13.4. The molecule has 13 heteroatoms. The van der Waals surface area contributed by atoms with Gasteiger partial charge in [0, 0.05) is 18.1 Å². The standard InChI is InChI=1S/C23H26Cl2F3N3O4S/c1-4-11-29-22(33)15(2)30(13-16-7-5-6-8-18(16)24)21(32)14-31(36(3,34)35)20-12-17(23(26,27)28)9-10-19(20)25/h5-10,12,15H,4,11,13-14H2,1-3H3,(H,29,33)/t15-/m0/s1. The molecule has 1 N–H and O–H groups in total. The van der Waals surface area contributed by atoms with Gasteiger partial charge in [0.15, 0.2) is 0 Å². The minimum Gasteiger partial charge on any atom is -0.354 e. The van der Waals surface area contributed by atoms with E-state index >= 15 is 0 Å². The minimum atomic E-state index is -4.77. The van der Waals surface area contributed by atoms with Gasteiger partial charge in [0.05, 0.1) is 22.5 Å². The van der Waals surface area contributed by atoms with Gasteiger partial charge in [-0.1, -0.05) is 48.3 Å². The van der Waals surface area contributed by atoms with Gasteiger partial charge in [-0.2, -0.15) is 13.2 Å². The average molecular weight is 568 g/mol. The third-order valence-electron chi connectivity index (χ3n) is 5.24. The Kier molecular flexibility index (Phi) is 10.0. The fourth-order valence-corrected chi connectivity index (χ4v) is 4.58. The number of sulfonamides is 1. The second-order valence-corrected chi connectivity index (χ2v) is 10.7. The highest BCUT2D eigenvalue weighted by Crippen LogP contribution is 2.36. The van der Waals surface area contributed by atoms with E-state index < -0.39 is 51.9 Å². The number of anilines is 1. The Morgan fingerprint density at radius 3 is 2.28 bits per heavy atom. The van der Waals surface area contributed by atoms with Crippen LogP contribution >= 0.6 is 23.2 Å². The van der Waals surface area contributed by atoms with Crippen LogP contribution in [0.15, 0.2) is 42.5 Å². The van der Waals surface area contributed by atoms with E-state index in [1.54, 1.807) is 24.3 Å². The molecule has 0 saturated heterocycles. The van der Waals surface area contributed by atoms with Crippen LogP contribution in [-0.4, -0.2) is 50.5 Å². The molecule has 0 heterocycles. The topological polar surface area (TPSA) is 86.8 Å². The van der Waals surface area contributed by atoms with Gasteiger partial charge < -0.3 is 10.2 Å². The van der Waals surface area contributed by atoms with Gasteiger partial charge in [-0.25, -0.2) is 8.42 Å². The second-order valence-electron chi connectivity index (χ2n) is 8.01. The van der Waals surface area contributed by atoms with E-state index in [0.29, 0.717) is 40.0 Å². The van der Waals surface area contributed by atoms with Crippen LogP contribution in [0.1, 0.15) is 31.4 Å². The fraction of sp³-hybridized carbons (Fsp3) is 0.391. The summed E-state index contributed by atoms with van der Waals surface area (Å²) in [6.45, 7) is 2.62. The highest BCUT2D eigenvalue weighted by Gasteiger charge is 2.34. The molecule has 0 aliphatic heterocycles. The van der Waals surface area contributed by atoms with Crippen molar-refractivity contribution < 1.29 is 31.2 Å². The van der Waals surface area contributed by atoms with Crippen molar-refractivity contribution in [3.63, 3.8) is 0 Å². The van der Waals surface area contributed by atoms with E-state index in [-0.39, 0.29) is 11.6 Å². The lowest BCUT2D eigenvalue weighted by molar-refractivity contribution is -0.139. The summed E-state index contributed by atoms with van der Waals surface area (Å²) in [5.41, 5.74) is -1.16. The Labute approximate surface area is 218 Å². The normalized spacial score (nSPS) is 12.7. The molecule has 0 aromatic heterocycles. The molecule has 2 aromatic carbocycles. The molecule has 36 heavy (non-hydrogen) atoms. The van der Waals surface area contributed by atoms with Crippen molar-refractivity contribution in [1.82, 2.24) is 10.2 Å². The van der Waals surface area contributed by atoms with Crippen molar-refractivity contribution in [2.75, 3.05) is 23.7 Å². The Balaban J connectivity index is 2.50. The van der Waals surface area contributed by atoms with Crippen LogP contribution in [0.2, 0.25) is 10.0 Å². The monoisotopic (exact) mass is 567 g/mol. The summed E-state index contributed by atoms with van der Waals surface area (Å²) >= 11 is 12.3. The van der Waals surface area contributed by atoms with E-state index in [9.17, 15) is 31.2 Å². The number of nitrogens with zero attached hydrogens (tertiary/aromatic N) is 2. The molecule has 0 bridgehead atoms. The Hall–Kier alpha value is -2.50. The SMILES string of the molecule is CCCNC(=O)[C@H](C)N(Cc1ccccc1Cl)C(=O)CN(c1cc(C(F)(F)F)ccc1Cl)S(C)(=O)=O. The van der Waals surface area contributed by atoms with Crippen LogP contribution < -0.4 is 9.62 Å². The molecular formula is C23H26Cl2F3N3O4S. The number of benzene rings is 2. The van der Waals surface area contributed by atoms with E-state index in [4.69, 9.17) is 23.2 Å². The quantitative estimate of drug-likeness (QED) is 0.450. The summed E-state index contributed by atoms with van der Waals surface area (Å²) in [5.74, 6) is -1.33. The van der Waals surface area contributed by atoms with E-state index in [1.807, 2.05) is 6.92 Å². The maximum atomic E-state index is 13.4. The van der Waals surface area contributed by atoms with Gasteiger partial charge in [-0.3, -0.25) is 13.9 Å². The highest BCUT2D eigenvalue weighted by atomic mass is 35.5. The van der Waals surface area contributed by atoms with E-state index in [1.165, 1.54) is 6.92 Å². The molecule has 2 rings (SSSR count). The predicted octanol–water partition coefficient (Wildman–Crippen LogP) is 4.72. The lowest BCUT2D eigenvalue weighted by atomic mass is 10.1.